The number of Topliss-reactive ketones (excluding diaryl/α,β-unsaturated/α-hetero) is 1. The van der Waals surface area contributed by atoms with Crippen molar-refractivity contribution >= 4 is 29.3 Å². The summed E-state index contributed by atoms with van der Waals surface area (Å²) in [4.78, 5) is 46.9. The number of rotatable bonds is 2. The van der Waals surface area contributed by atoms with Crippen LogP contribution in [0.15, 0.2) is 24.3 Å². The molecule has 0 aromatic heterocycles. The van der Waals surface area contributed by atoms with Gasteiger partial charge < -0.3 is 0 Å². The van der Waals surface area contributed by atoms with Crippen molar-refractivity contribution in [3.8, 4) is 0 Å². The number of nitrogens with zero attached hydrogens (tertiary/aromatic N) is 1. The number of benzene rings is 1. The lowest BCUT2D eigenvalue weighted by atomic mass is 9.99. The number of amides is 4. The molecule has 9 heteroatoms. The van der Waals surface area contributed by atoms with Gasteiger partial charge in [-0.15, -0.1) is 0 Å². The molecule has 2 rings (SSSR count). The first kappa shape index (κ1) is 15.7. The molecule has 1 N–H and O–H groups in total. The van der Waals surface area contributed by atoms with Crippen molar-refractivity contribution in [3.05, 3.63) is 29.8 Å². The summed E-state index contributed by atoms with van der Waals surface area (Å²) >= 11 is 0. The average molecular weight is 314 g/mol. The summed E-state index contributed by atoms with van der Waals surface area (Å²) in [5, 5.41) is 1.71. The Morgan fingerprint density at radius 1 is 1.18 bits per heavy atom. The van der Waals surface area contributed by atoms with E-state index in [1.165, 1.54) is 6.07 Å². The molecule has 0 unspecified atom stereocenters. The minimum atomic E-state index is -4.82. The molecule has 116 valence electrons. The number of imide groups is 2. The second kappa shape index (κ2) is 5.24. The fraction of sp³-hybridized carbons (Fsp3) is 0.231. The zero-order chi connectivity index (χ0) is 16.7. The van der Waals surface area contributed by atoms with Crippen molar-refractivity contribution in [1.82, 2.24) is 5.32 Å². The van der Waals surface area contributed by atoms with Crippen molar-refractivity contribution in [2.75, 3.05) is 4.90 Å². The predicted molar refractivity (Wildman–Crippen MR) is 66.6 cm³/mol. The molecule has 1 saturated heterocycles. The minimum absolute atomic E-state index is 0.163. The number of ketones is 1. The van der Waals surface area contributed by atoms with Crippen LogP contribution >= 0.6 is 0 Å². The first-order valence-electron chi connectivity index (χ1n) is 6.00. The Bertz CT molecular complexity index is 684. The molecule has 6 nitrogen and oxygen atoms in total. The van der Waals surface area contributed by atoms with Crippen LogP contribution in [0, 0.1) is 5.92 Å². The highest BCUT2D eigenvalue weighted by atomic mass is 19.4. The number of carbonyl (C=O) groups excluding carboxylic acids is 4. The third-order valence-electron chi connectivity index (χ3n) is 3.02. The van der Waals surface area contributed by atoms with Crippen LogP contribution in [0.3, 0.4) is 0 Å². The van der Waals surface area contributed by atoms with Gasteiger partial charge in [0.1, 0.15) is 0 Å². The predicted octanol–water partition coefficient (Wildman–Crippen LogP) is 1.49. The van der Waals surface area contributed by atoms with Gasteiger partial charge in [-0.2, -0.15) is 13.2 Å². The van der Waals surface area contributed by atoms with Crippen molar-refractivity contribution < 1.29 is 32.3 Å². The monoisotopic (exact) mass is 314 g/mol. The fourth-order valence-electron chi connectivity index (χ4n) is 2.07. The molecule has 22 heavy (non-hydrogen) atoms. The Balaban J connectivity index is 2.57. The largest absolute Gasteiger partial charge is 0.418 e. The molecule has 0 saturated carbocycles. The number of halogens is 3. The number of barbiturate groups is 1. The number of alkyl halides is 3. The summed E-state index contributed by atoms with van der Waals surface area (Å²) < 4.78 is 39.0. The van der Waals surface area contributed by atoms with Gasteiger partial charge in [-0.3, -0.25) is 19.7 Å². The van der Waals surface area contributed by atoms with Crippen LogP contribution in [0.2, 0.25) is 0 Å². The van der Waals surface area contributed by atoms with Crippen molar-refractivity contribution in [1.29, 1.82) is 0 Å². The summed E-state index contributed by atoms with van der Waals surface area (Å²) in [5.74, 6) is -5.18. The summed E-state index contributed by atoms with van der Waals surface area (Å²) in [6.07, 6.45) is -4.82. The molecular formula is C13H9F3N2O4. The number of carbonyl (C=O) groups is 4. The molecule has 1 aliphatic rings. The Morgan fingerprint density at radius 3 is 2.32 bits per heavy atom. The van der Waals surface area contributed by atoms with E-state index in [-0.39, 0.29) is 4.90 Å². The van der Waals surface area contributed by atoms with E-state index in [0.29, 0.717) is 6.07 Å². The first-order valence-corrected chi connectivity index (χ1v) is 6.00. The van der Waals surface area contributed by atoms with Gasteiger partial charge in [0.15, 0.2) is 11.7 Å². The van der Waals surface area contributed by atoms with Crippen LogP contribution < -0.4 is 10.2 Å². The summed E-state index contributed by atoms with van der Waals surface area (Å²) in [6.45, 7) is 0.936. The molecule has 0 bridgehead atoms. The second-order valence-corrected chi connectivity index (χ2v) is 4.53. The Kier molecular flexibility index (Phi) is 3.74. The normalized spacial score (nSPS) is 19.2. The van der Waals surface area contributed by atoms with Crippen molar-refractivity contribution in [2.24, 2.45) is 5.92 Å². The zero-order valence-corrected chi connectivity index (χ0v) is 11.1. The van der Waals surface area contributed by atoms with Gasteiger partial charge in [-0.1, -0.05) is 12.1 Å². The number of hydrogen-bond acceptors (Lipinski definition) is 4. The van der Waals surface area contributed by atoms with Crippen LogP contribution in [-0.4, -0.2) is 23.6 Å². The third-order valence-corrected chi connectivity index (χ3v) is 3.02. The van der Waals surface area contributed by atoms with Crippen LogP contribution in [0.5, 0.6) is 0 Å². The summed E-state index contributed by atoms with van der Waals surface area (Å²) in [5.41, 5.74) is -1.97. The SMILES string of the molecule is CC(=O)[C@H]1C(=O)NC(=O)N(c2ccccc2C(F)(F)F)C1=O. The van der Waals surface area contributed by atoms with Gasteiger partial charge in [0.05, 0.1) is 11.3 Å². The molecule has 0 radical (unpaired) electrons. The highest BCUT2D eigenvalue weighted by Crippen LogP contribution is 2.37. The Labute approximate surface area is 121 Å². The van der Waals surface area contributed by atoms with Crippen LogP contribution in [0.1, 0.15) is 12.5 Å². The van der Waals surface area contributed by atoms with E-state index in [1.807, 2.05) is 0 Å². The summed E-state index contributed by atoms with van der Waals surface area (Å²) in [6, 6.07) is 2.56. The maximum Gasteiger partial charge on any atom is 0.418 e. The number of anilines is 1. The number of nitrogens with one attached hydrogen (secondary N) is 1. The second-order valence-electron chi connectivity index (χ2n) is 4.53. The topological polar surface area (TPSA) is 83.6 Å². The van der Waals surface area contributed by atoms with Gasteiger partial charge in [0.2, 0.25) is 5.91 Å². The molecule has 0 aliphatic carbocycles. The van der Waals surface area contributed by atoms with Crippen LogP contribution in [-0.2, 0) is 20.6 Å². The number of para-hydroxylation sites is 1. The minimum Gasteiger partial charge on any atom is -0.299 e. The number of urea groups is 1. The molecule has 1 heterocycles. The molecule has 1 aliphatic heterocycles. The van der Waals surface area contributed by atoms with E-state index < -0.39 is 47.0 Å². The third kappa shape index (κ3) is 2.57. The van der Waals surface area contributed by atoms with E-state index in [0.717, 1.165) is 19.1 Å². The van der Waals surface area contributed by atoms with Gasteiger partial charge >= 0.3 is 12.2 Å². The average Bonchev–Trinajstić information content (AvgIpc) is 2.36. The zero-order valence-electron chi connectivity index (χ0n) is 11.1. The lowest BCUT2D eigenvalue weighted by molar-refractivity contribution is -0.140. The lowest BCUT2D eigenvalue weighted by Gasteiger charge is -2.30. The molecule has 1 atom stereocenters. The quantitative estimate of drug-likeness (QED) is 0.838. The van der Waals surface area contributed by atoms with Gasteiger partial charge in [0.25, 0.3) is 5.91 Å². The maximum absolute atomic E-state index is 13.0. The highest BCUT2D eigenvalue weighted by molar-refractivity contribution is 6.34. The van der Waals surface area contributed by atoms with E-state index in [2.05, 4.69) is 0 Å². The molecular weight excluding hydrogens is 305 g/mol. The summed E-state index contributed by atoms with van der Waals surface area (Å²) in [7, 11) is 0. The van der Waals surface area contributed by atoms with E-state index in [1.54, 1.807) is 5.32 Å². The molecule has 1 aromatic carbocycles. The first-order chi connectivity index (χ1) is 10.1. The van der Waals surface area contributed by atoms with E-state index in [9.17, 15) is 32.3 Å². The van der Waals surface area contributed by atoms with E-state index in [4.69, 9.17) is 0 Å². The van der Waals surface area contributed by atoms with Gasteiger partial charge in [-0.25, -0.2) is 9.69 Å². The number of hydrogen-bond donors (Lipinski definition) is 1. The fourth-order valence-corrected chi connectivity index (χ4v) is 2.07. The van der Waals surface area contributed by atoms with Gasteiger partial charge in [-0.05, 0) is 19.1 Å². The van der Waals surface area contributed by atoms with Crippen molar-refractivity contribution in [2.45, 2.75) is 13.1 Å². The molecule has 4 amide bonds. The highest BCUT2D eigenvalue weighted by Gasteiger charge is 2.46. The maximum atomic E-state index is 13.0. The van der Waals surface area contributed by atoms with Crippen LogP contribution in [0.25, 0.3) is 0 Å². The van der Waals surface area contributed by atoms with E-state index >= 15 is 0 Å². The Hall–Kier alpha value is -2.71. The van der Waals surface area contributed by atoms with Crippen molar-refractivity contribution in [3.63, 3.8) is 0 Å². The molecule has 1 aromatic rings. The molecule has 1 fully saturated rings. The smallest absolute Gasteiger partial charge is 0.299 e. The lowest BCUT2D eigenvalue weighted by Crippen LogP contribution is -2.60. The standard InChI is InChI=1S/C13H9F3N2O4/c1-6(19)9-10(20)17-12(22)18(11(9)21)8-5-3-2-4-7(8)13(14,15)16/h2-5,9H,1H3,(H,17,20,22)/t9-/m0/s1. The van der Waals surface area contributed by atoms with Gasteiger partial charge in [0, 0.05) is 0 Å². The van der Waals surface area contributed by atoms with Crippen LogP contribution in [0.4, 0.5) is 23.7 Å². The molecule has 0 spiro atoms. The Morgan fingerprint density at radius 2 is 1.77 bits per heavy atom.